The smallest absolute Gasteiger partial charge is 0.339 e. The summed E-state index contributed by atoms with van der Waals surface area (Å²) >= 11 is 0. The number of nitrogens with zero attached hydrogens (tertiary/aromatic N) is 3. The third-order valence-electron chi connectivity index (χ3n) is 7.19. The number of aromatic nitrogens is 1. The average Bonchev–Trinajstić information content (AvgIpc) is 3.28. The van der Waals surface area contributed by atoms with Gasteiger partial charge in [0.2, 0.25) is 5.78 Å². The normalized spacial score (nSPS) is 12.3. The fourth-order valence-electron chi connectivity index (χ4n) is 5.00. The number of anilines is 1. The number of para-hydroxylation sites is 1. The van der Waals surface area contributed by atoms with E-state index in [2.05, 4.69) is 0 Å². The number of Topliss-reactive ketones (excluding diaryl/α,β-unsaturated/α-hetero) is 1. The first-order valence-corrected chi connectivity index (χ1v) is 13.2. The number of esters is 1. The third-order valence-corrected chi connectivity index (χ3v) is 7.19. The van der Waals surface area contributed by atoms with E-state index in [0.29, 0.717) is 39.0 Å². The molecule has 4 aromatic carbocycles. The van der Waals surface area contributed by atoms with Crippen molar-refractivity contribution in [3.63, 3.8) is 0 Å². The number of ketones is 1. The summed E-state index contributed by atoms with van der Waals surface area (Å²) in [5.41, 5.74) is 3.49. The Hall–Kier alpha value is -6.03. The molecule has 5 aromatic rings. The number of amides is 2. The van der Waals surface area contributed by atoms with Gasteiger partial charge >= 0.3 is 5.97 Å². The van der Waals surface area contributed by atoms with E-state index in [1.807, 2.05) is 13.0 Å². The van der Waals surface area contributed by atoms with Crippen molar-refractivity contribution in [3.8, 4) is 11.3 Å². The zero-order valence-corrected chi connectivity index (χ0v) is 22.6. The van der Waals surface area contributed by atoms with E-state index in [0.717, 1.165) is 16.5 Å². The predicted molar refractivity (Wildman–Crippen MR) is 157 cm³/mol. The number of pyridine rings is 1. The predicted octanol–water partition coefficient (Wildman–Crippen LogP) is 5.96. The number of non-ortho nitro benzene ring substituents is 1. The summed E-state index contributed by atoms with van der Waals surface area (Å²) in [6, 6.07) is 25.4. The zero-order valence-electron chi connectivity index (χ0n) is 22.6. The molecule has 2 heterocycles. The van der Waals surface area contributed by atoms with Gasteiger partial charge in [-0.05, 0) is 42.8 Å². The molecule has 0 saturated heterocycles. The van der Waals surface area contributed by atoms with Crippen molar-refractivity contribution in [1.82, 2.24) is 4.98 Å². The number of hydrogen-bond acceptors (Lipinski definition) is 8. The summed E-state index contributed by atoms with van der Waals surface area (Å²) in [7, 11) is 0. The quantitative estimate of drug-likeness (QED) is 0.0767. The number of benzene rings is 4. The Labute approximate surface area is 244 Å². The van der Waals surface area contributed by atoms with Crippen LogP contribution < -0.4 is 4.90 Å². The van der Waals surface area contributed by atoms with Crippen LogP contribution in [0.3, 0.4) is 0 Å². The van der Waals surface area contributed by atoms with Gasteiger partial charge in [-0.25, -0.2) is 14.7 Å². The first kappa shape index (κ1) is 27.2. The van der Waals surface area contributed by atoms with Gasteiger partial charge in [0.05, 0.1) is 38.5 Å². The van der Waals surface area contributed by atoms with E-state index in [9.17, 15) is 29.3 Å². The SMILES string of the molecule is Cc1cccc2c(C(=O)OCC(=O)c3cccc([N+](=O)[O-])c3)cc(-c3ccc(N4C(=O)c5ccccc5C4=O)cc3)nc12. The summed E-state index contributed by atoms with van der Waals surface area (Å²) in [5, 5.41) is 11.6. The molecule has 0 atom stereocenters. The maximum absolute atomic E-state index is 13.3. The molecule has 1 aliphatic rings. The number of carbonyl (C=O) groups is 4. The molecule has 1 aliphatic heterocycles. The highest BCUT2D eigenvalue weighted by Gasteiger charge is 2.36. The molecular formula is C33H21N3O7. The molecule has 0 bridgehead atoms. The molecule has 0 spiro atoms. The minimum atomic E-state index is -0.763. The highest BCUT2D eigenvalue weighted by atomic mass is 16.6. The molecule has 0 fully saturated rings. The molecule has 0 radical (unpaired) electrons. The maximum Gasteiger partial charge on any atom is 0.339 e. The monoisotopic (exact) mass is 571 g/mol. The summed E-state index contributed by atoms with van der Waals surface area (Å²) in [5.74, 6) is -2.16. The Kier molecular flexibility index (Phi) is 6.79. The van der Waals surface area contributed by atoms with Gasteiger partial charge < -0.3 is 4.74 Å². The molecule has 0 saturated carbocycles. The van der Waals surface area contributed by atoms with E-state index >= 15 is 0 Å². The van der Waals surface area contributed by atoms with Crippen molar-refractivity contribution in [2.75, 3.05) is 11.5 Å². The highest BCUT2D eigenvalue weighted by Crippen LogP contribution is 2.32. The molecule has 2 amide bonds. The topological polar surface area (TPSA) is 137 Å². The Morgan fingerprint density at radius 3 is 2.21 bits per heavy atom. The third kappa shape index (κ3) is 4.91. The number of carbonyl (C=O) groups excluding carboxylic acids is 4. The lowest BCUT2D eigenvalue weighted by atomic mass is 10.0. The van der Waals surface area contributed by atoms with E-state index in [1.165, 1.54) is 18.2 Å². The number of nitro benzene ring substituents is 1. The van der Waals surface area contributed by atoms with Crippen LogP contribution in [0.5, 0.6) is 0 Å². The second-order valence-corrected chi connectivity index (χ2v) is 9.87. The van der Waals surface area contributed by atoms with Crippen molar-refractivity contribution in [2.45, 2.75) is 6.92 Å². The molecule has 10 nitrogen and oxygen atoms in total. The molecule has 43 heavy (non-hydrogen) atoms. The Bertz CT molecular complexity index is 1970. The first-order chi connectivity index (χ1) is 20.7. The molecular weight excluding hydrogens is 550 g/mol. The van der Waals surface area contributed by atoms with Gasteiger partial charge in [0.15, 0.2) is 6.61 Å². The van der Waals surface area contributed by atoms with Crippen LogP contribution in [0, 0.1) is 17.0 Å². The van der Waals surface area contributed by atoms with Crippen LogP contribution in [-0.4, -0.2) is 40.1 Å². The summed E-state index contributed by atoms with van der Waals surface area (Å²) in [4.78, 5) is 68.1. The van der Waals surface area contributed by atoms with Crippen LogP contribution in [0.4, 0.5) is 11.4 Å². The van der Waals surface area contributed by atoms with Crippen molar-refractivity contribution in [1.29, 1.82) is 0 Å². The highest BCUT2D eigenvalue weighted by molar-refractivity contribution is 6.34. The van der Waals surface area contributed by atoms with Crippen molar-refractivity contribution >= 4 is 45.8 Å². The van der Waals surface area contributed by atoms with Crippen LogP contribution >= 0.6 is 0 Å². The zero-order chi connectivity index (χ0) is 30.2. The second-order valence-electron chi connectivity index (χ2n) is 9.87. The van der Waals surface area contributed by atoms with Crippen molar-refractivity contribution < 1.29 is 28.8 Å². The fourth-order valence-corrected chi connectivity index (χ4v) is 5.00. The van der Waals surface area contributed by atoms with Crippen LogP contribution in [-0.2, 0) is 4.74 Å². The molecule has 0 aliphatic carbocycles. The van der Waals surface area contributed by atoms with E-state index < -0.39 is 35.1 Å². The van der Waals surface area contributed by atoms with Crippen molar-refractivity contribution in [3.05, 3.63) is 135 Å². The molecule has 0 N–H and O–H groups in total. The summed E-state index contributed by atoms with van der Waals surface area (Å²) in [6.07, 6.45) is 0. The Morgan fingerprint density at radius 2 is 1.53 bits per heavy atom. The number of nitro groups is 1. The molecule has 1 aromatic heterocycles. The Morgan fingerprint density at radius 1 is 0.860 bits per heavy atom. The average molecular weight is 572 g/mol. The first-order valence-electron chi connectivity index (χ1n) is 13.2. The largest absolute Gasteiger partial charge is 0.454 e. The van der Waals surface area contributed by atoms with Gasteiger partial charge in [-0.2, -0.15) is 0 Å². The number of ether oxygens (including phenoxy) is 1. The van der Waals surface area contributed by atoms with Crippen molar-refractivity contribution in [2.24, 2.45) is 0 Å². The summed E-state index contributed by atoms with van der Waals surface area (Å²) in [6.45, 7) is 1.24. The maximum atomic E-state index is 13.3. The van der Waals surface area contributed by atoms with Crippen LogP contribution in [0.25, 0.3) is 22.2 Å². The van der Waals surface area contributed by atoms with Crippen LogP contribution in [0.15, 0.2) is 97.1 Å². The minimum Gasteiger partial charge on any atom is -0.454 e. The van der Waals surface area contributed by atoms with Gasteiger partial charge in [0, 0.05) is 28.6 Å². The molecule has 10 heteroatoms. The van der Waals surface area contributed by atoms with Gasteiger partial charge in [-0.15, -0.1) is 0 Å². The lowest BCUT2D eigenvalue weighted by Gasteiger charge is -2.15. The number of imide groups is 1. The van der Waals surface area contributed by atoms with Gasteiger partial charge in [-0.3, -0.25) is 24.5 Å². The van der Waals surface area contributed by atoms with Crippen LogP contribution in [0.2, 0.25) is 0 Å². The second kappa shape index (κ2) is 10.7. The number of aryl methyl sites for hydroxylation is 1. The van der Waals surface area contributed by atoms with E-state index in [1.54, 1.807) is 66.7 Å². The molecule has 0 unspecified atom stereocenters. The fraction of sp³-hybridized carbons (Fsp3) is 0.0606. The molecule has 210 valence electrons. The van der Waals surface area contributed by atoms with E-state index in [-0.39, 0.29) is 16.8 Å². The van der Waals surface area contributed by atoms with Crippen LogP contribution in [0.1, 0.15) is 47.0 Å². The lowest BCUT2D eigenvalue weighted by Crippen LogP contribution is -2.29. The lowest BCUT2D eigenvalue weighted by molar-refractivity contribution is -0.384. The van der Waals surface area contributed by atoms with Gasteiger partial charge in [0.1, 0.15) is 0 Å². The molecule has 6 rings (SSSR count). The minimum absolute atomic E-state index is 0.0521. The number of rotatable bonds is 7. The van der Waals surface area contributed by atoms with Gasteiger partial charge in [0.25, 0.3) is 17.5 Å². The summed E-state index contributed by atoms with van der Waals surface area (Å²) < 4.78 is 5.36. The standard InChI is InChI=1S/C33H21N3O7/c1-19-6-4-11-24-27(33(40)43-18-29(37)21-7-5-8-23(16-21)36(41)42)17-28(34-30(19)24)20-12-14-22(15-13-20)35-31(38)25-9-2-3-10-26(25)32(35)39/h2-17H,18H2,1H3. The number of hydrogen-bond donors (Lipinski definition) is 0. The Balaban J connectivity index is 1.29. The number of fused-ring (bicyclic) bond motifs is 2. The van der Waals surface area contributed by atoms with E-state index in [4.69, 9.17) is 9.72 Å². The van der Waals surface area contributed by atoms with Gasteiger partial charge in [-0.1, -0.05) is 54.6 Å².